The van der Waals surface area contributed by atoms with Gasteiger partial charge < -0.3 is 14.2 Å². The third kappa shape index (κ3) is 8.42. The van der Waals surface area contributed by atoms with Crippen molar-refractivity contribution < 1.29 is 33.4 Å². The fourth-order valence-corrected chi connectivity index (χ4v) is 9.95. The van der Waals surface area contributed by atoms with Crippen molar-refractivity contribution in [2.45, 2.75) is 130 Å². The quantitative estimate of drug-likeness (QED) is 0.125. The summed E-state index contributed by atoms with van der Waals surface area (Å²) >= 11 is 0. The van der Waals surface area contributed by atoms with Crippen LogP contribution in [0.15, 0.2) is 60.7 Å². The minimum Gasteiger partial charge on any atom is -0.497 e. The molecule has 6 unspecified atom stereocenters. The third-order valence-electron chi connectivity index (χ3n) is 13.7. The molecule has 55 heavy (non-hydrogen) atoms. The summed E-state index contributed by atoms with van der Waals surface area (Å²) in [5, 5.41) is 1.93. The minimum atomic E-state index is -0.747. The summed E-state index contributed by atoms with van der Waals surface area (Å²) in [6.45, 7) is 11.4. The zero-order valence-corrected chi connectivity index (χ0v) is 33.6. The Morgan fingerprint density at radius 1 is 0.964 bits per heavy atom. The molecule has 0 spiro atoms. The molecule has 7 heteroatoms. The predicted octanol–water partition coefficient (Wildman–Crippen LogP) is 10.4. The lowest BCUT2D eigenvalue weighted by Crippen LogP contribution is -2.39. The molecule has 0 aliphatic heterocycles. The van der Waals surface area contributed by atoms with Gasteiger partial charge in [0.1, 0.15) is 41.1 Å². The number of ether oxygens (including phenoxy) is 3. The Morgan fingerprint density at radius 3 is 2.35 bits per heavy atom. The van der Waals surface area contributed by atoms with E-state index in [1.807, 2.05) is 39.0 Å². The highest BCUT2D eigenvalue weighted by Crippen LogP contribution is 2.58. The number of hydrogen-bond donors (Lipinski definition) is 0. The highest BCUT2D eigenvalue weighted by atomic mass is 16.5. The number of esters is 1. The van der Waals surface area contributed by atoms with Crippen LogP contribution in [0.4, 0.5) is 0 Å². The van der Waals surface area contributed by atoms with Gasteiger partial charge in [-0.15, -0.1) is 6.58 Å². The first-order valence-corrected chi connectivity index (χ1v) is 20.9. The van der Waals surface area contributed by atoms with E-state index in [1.54, 1.807) is 20.1 Å². The van der Waals surface area contributed by atoms with E-state index in [4.69, 9.17) is 14.2 Å². The number of Topliss-reactive ketones (excluding diaryl/α,β-unsaturated/α-hetero) is 3. The average Bonchev–Trinajstić information content (AvgIpc) is 3.55. The molecule has 0 amide bonds. The lowest BCUT2D eigenvalue weighted by Gasteiger charge is -2.32. The molecule has 5 aliphatic carbocycles. The number of rotatable bonds is 16. The van der Waals surface area contributed by atoms with Crippen LogP contribution in [0.3, 0.4) is 0 Å². The Kier molecular flexibility index (Phi) is 11.3. The van der Waals surface area contributed by atoms with Gasteiger partial charge in [0.25, 0.3) is 0 Å². The fourth-order valence-electron chi connectivity index (χ4n) is 9.95. The molecule has 0 bridgehead atoms. The molecule has 0 N–H and O–H groups in total. The van der Waals surface area contributed by atoms with Crippen molar-refractivity contribution in [1.29, 1.82) is 0 Å². The van der Waals surface area contributed by atoms with Crippen LogP contribution in [-0.4, -0.2) is 42.6 Å². The maximum atomic E-state index is 14.8. The lowest BCUT2D eigenvalue weighted by atomic mass is 9.70. The van der Waals surface area contributed by atoms with E-state index in [2.05, 4.69) is 30.9 Å². The van der Waals surface area contributed by atoms with Crippen molar-refractivity contribution in [3.8, 4) is 11.5 Å². The van der Waals surface area contributed by atoms with Crippen LogP contribution in [0.25, 0.3) is 16.3 Å². The lowest BCUT2D eigenvalue weighted by molar-refractivity contribution is -0.154. The summed E-state index contributed by atoms with van der Waals surface area (Å²) in [4.78, 5) is 55.5. The van der Waals surface area contributed by atoms with Crippen LogP contribution in [-0.2, 0) is 23.9 Å². The molecule has 0 aromatic heterocycles. The summed E-state index contributed by atoms with van der Waals surface area (Å²) in [6.07, 6.45) is 17.2. The van der Waals surface area contributed by atoms with E-state index in [1.165, 1.54) is 30.4 Å². The zero-order chi connectivity index (χ0) is 39.1. The van der Waals surface area contributed by atoms with Gasteiger partial charge in [-0.1, -0.05) is 63.8 Å². The Labute approximate surface area is 327 Å². The summed E-state index contributed by atoms with van der Waals surface area (Å²) in [6, 6.07) is 10.3. The Morgan fingerprint density at radius 2 is 1.71 bits per heavy atom. The first-order chi connectivity index (χ1) is 26.3. The van der Waals surface area contributed by atoms with Crippen LogP contribution < -0.4 is 9.47 Å². The number of hydrogen-bond acceptors (Lipinski definition) is 7. The van der Waals surface area contributed by atoms with Crippen molar-refractivity contribution in [1.82, 2.24) is 0 Å². The molecule has 294 valence electrons. The minimum absolute atomic E-state index is 0.00789. The summed E-state index contributed by atoms with van der Waals surface area (Å²) in [5.41, 5.74) is 2.45. The summed E-state index contributed by atoms with van der Waals surface area (Å²) in [5.74, 6) is -0.183. The molecule has 0 heterocycles. The molecule has 2 aromatic rings. The Bertz CT molecular complexity index is 1900. The summed E-state index contributed by atoms with van der Waals surface area (Å²) in [7, 11) is 1.67. The molecule has 4 saturated carbocycles. The number of methoxy groups -OCH3 is 1. The summed E-state index contributed by atoms with van der Waals surface area (Å²) < 4.78 is 18.4. The highest BCUT2D eigenvalue weighted by molar-refractivity contribution is 5.98. The van der Waals surface area contributed by atoms with E-state index in [0.29, 0.717) is 25.0 Å². The van der Waals surface area contributed by atoms with Gasteiger partial charge in [0.15, 0.2) is 0 Å². The first kappa shape index (κ1) is 39.2. The Hall–Kier alpha value is -4.00. The molecule has 4 fully saturated rings. The molecule has 7 rings (SSSR count). The van der Waals surface area contributed by atoms with Gasteiger partial charge >= 0.3 is 5.97 Å². The number of allylic oxidation sites excluding steroid dienone is 5. The Balaban J connectivity index is 1.18. The van der Waals surface area contributed by atoms with Gasteiger partial charge in [-0.3, -0.25) is 19.2 Å². The normalized spacial score (nSPS) is 27.2. The average molecular weight is 749 g/mol. The SMILES string of the molecule is C=CC1CC1(CC(=O)C1CC(Oc2cc(C3=CCC(CC4CCC4)=C3)cc3cc(OC)ccc23)CC1C(=O)C(CC(=O)OC1CCCC1)C(C)(C)C)C(C)=O. The predicted molar refractivity (Wildman–Crippen MR) is 216 cm³/mol. The standard InChI is InChI=1S/C48H60O7/c1-7-35-27-48(35,29(2)49)28-43(50)40-24-38(25-41(40)46(52)42(47(3,4)5)26-45(51)55-36-13-8-9-14-36)54-44-23-33(21-34-22-37(53-6)17-18-39(34)44)32-16-15-31(20-32)19-30-11-10-12-30/h7,16-18,20-23,30,35-36,38,40-42H,1,8-15,19,24-28H2,2-6H3. The first-order valence-electron chi connectivity index (χ1n) is 20.9. The molecular weight excluding hydrogens is 689 g/mol. The van der Waals surface area contributed by atoms with Crippen molar-refractivity contribution in [2.75, 3.05) is 7.11 Å². The monoisotopic (exact) mass is 748 g/mol. The fraction of sp³-hybridized carbons (Fsp3) is 0.583. The number of carbonyl (C=O) groups excluding carboxylic acids is 4. The van der Waals surface area contributed by atoms with Gasteiger partial charge in [0.2, 0.25) is 0 Å². The molecule has 5 aliphatic rings. The molecular formula is C48H60O7. The zero-order valence-electron chi connectivity index (χ0n) is 33.6. The van der Waals surface area contributed by atoms with Crippen LogP contribution in [0.1, 0.15) is 123 Å². The van der Waals surface area contributed by atoms with Gasteiger partial charge in [0.05, 0.1) is 13.5 Å². The molecule has 7 nitrogen and oxygen atoms in total. The highest BCUT2D eigenvalue weighted by Gasteiger charge is 2.59. The molecule has 6 atom stereocenters. The number of carbonyl (C=O) groups is 4. The number of fused-ring (bicyclic) bond motifs is 1. The van der Waals surface area contributed by atoms with Crippen molar-refractivity contribution in [2.24, 2.45) is 40.4 Å². The second-order valence-corrected chi connectivity index (χ2v) is 18.5. The van der Waals surface area contributed by atoms with E-state index in [0.717, 1.165) is 66.5 Å². The molecule has 0 radical (unpaired) electrons. The number of benzene rings is 2. The van der Waals surface area contributed by atoms with Crippen LogP contribution in [0.5, 0.6) is 11.5 Å². The van der Waals surface area contributed by atoms with Crippen LogP contribution in [0.2, 0.25) is 0 Å². The van der Waals surface area contributed by atoms with E-state index in [-0.39, 0.29) is 48.2 Å². The second-order valence-electron chi connectivity index (χ2n) is 18.5. The van der Waals surface area contributed by atoms with Gasteiger partial charge in [0, 0.05) is 35.0 Å². The maximum absolute atomic E-state index is 14.8. The van der Waals surface area contributed by atoms with Crippen molar-refractivity contribution in [3.05, 3.63) is 66.3 Å². The van der Waals surface area contributed by atoms with E-state index < -0.39 is 34.7 Å². The van der Waals surface area contributed by atoms with Crippen molar-refractivity contribution in [3.63, 3.8) is 0 Å². The van der Waals surface area contributed by atoms with E-state index >= 15 is 0 Å². The van der Waals surface area contributed by atoms with Crippen LogP contribution >= 0.6 is 0 Å². The van der Waals surface area contributed by atoms with Crippen molar-refractivity contribution >= 4 is 39.7 Å². The maximum Gasteiger partial charge on any atom is 0.306 e. The second kappa shape index (κ2) is 15.9. The van der Waals surface area contributed by atoms with Gasteiger partial charge in [-0.25, -0.2) is 0 Å². The largest absolute Gasteiger partial charge is 0.497 e. The molecule has 2 aromatic carbocycles. The number of ketones is 3. The smallest absolute Gasteiger partial charge is 0.306 e. The molecule has 0 saturated heterocycles. The van der Waals surface area contributed by atoms with Gasteiger partial charge in [-0.2, -0.15) is 0 Å². The topological polar surface area (TPSA) is 96.0 Å². The van der Waals surface area contributed by atoms with E-state index in [9.17, 15) is 19.2 Å². The third-order valence-corrected chi connectivity index (χ3v) is 13.7. The van der Waals surface area contributed by atoms with Gasteiger partial charge in [-0.05, 0) is 129 Å². The van der Waals surface area contributed by atoms with Crippen LogP contribution in [0, 0.1) is 40.4 Å².